The fraction of sp³-hybridized carbons (Fsp3) is 0.529. The summed E-state index contributed by atoms with van der Waals surface area (Å²) in [7, 11) is 1.98. The van der Waals surface area contributed by atoms with Crippen LogP contribution in [0.5, 0.6) is 0 Å². The van der Waals surface area contributed by atoms with Crippen molar-refractivity contribution in [1.82, 2.24) is 10.6 Å². The third-order valence-electron chi connectivity index (χ3n) is 3.86. The summed E-state index contributed by atoms with van der Waals surface area (Å²) in [6.45, 7) is 6.20. The van der Waals surface area contributed by atoms with Gasteiger partial charge in [0, 0.05) is 25.3 Å². The van der Waals surface area contributed by atoms with Gasteiger partial charge in [0.05, 0.1) is 12.6 Å². The Kier molecular flexibility index (Phi) is 13.2. The topological polar surface area (TPSA) is 87.5 Å². The van der Waals surface area contributed by atoms with Gasteiger partial charge in [-0.25, -0.2) is 0 Å². The van der Waals surface area contributed by atoms with Crippen LogP contribution in [0.15, 0.2) is 30.3 Å². The van der Waals surface area contributed by atoms with Crippen molar-refractivity contribution in [3.63, 3.8) is 0 Å². The number of benzene rings is 1. The van der Waals surface area contributed by atoms with Crippen molar-refractivity contribution in [2.45, 2.75) is 32.9 Å². The highest BCUT2D eigenvalue weighted by molar-refractivity contribution is 5.87. The van der Waals surface area contributed by atoms with Crippen LogP contribution in [0.25, 0.3) is 0 Å². The maximum Gasteiger partial charge on any atom is 0.239 e. The van der Waals surface area contributed by atoms with Gasteiger partial charge in [-0.05, 0) is 25.0 Å². The zero-order valence-electron chi connectivity index (χ0n) is 15.2. The molecular weight excluding hydrogens is 363 g/mol. The summed E-state index contributed by atoms with van der Waals surface area (Å²) in [6.07, 6.45) is 0. The van der Waals surface area contributed by atoms with Gasteiger partial charge in [-0.2, -0.15) is 0 Å². The normalized spacial score (nSPS) is 12.2. The number of nitrogens with one attached hydrogen (secondary N) is 2. The molecule has 4 N–H and O–H groups in total. The number of hydrogen-bond acceptors (Lipinski definition) is 4. The molecule has 0 fully saturated rings. The van der Waals surface area contributed by atoms with E-state index in [1.807, 2.05) is 58.2 Å². The minimum absolute atomic E-state index is 0. The van der Waals surface area contributed by atoms with E-state index in [0.717, 1.165) is 5.69 Å². The van der Waals surface area contributed by atoms with Crippen molar-refractivity contribution in [3.8, 4) is 0 Å². The number of anilines is 1. The van der Waals surface area contributed by atoms with Gasteiger partial charge in [-0.3, -0.25) is 9.59 Å². The summed E-state index contributed by atoms with van der Waals surface area (Å²) in [4.78, 5) is 25.6. The minimum atomic E-state index is -0.592. The summed E-state index contributed by atoms with van der Waals surface area (Å²) in [5, 5.41) is 5.38. The van der Waals surface area contributed by atoms with E-state index >= 15 is 0 Å². The van der Waals surface area contributed by atoms with Crippen LogP contribution < -0.4 is 21.3 Å². The van der Waals surface area contributed by atoms with E-state index in [1.165, 1.54) is 0 Å². The maximum absolute atomic E-state index is 11.8. The molecule has 8 heteroatoms. The summed E-state index contributed by atoms with van der Waals surface area (Å²) in [5.41, 5.74) is 6.81. The third-order valence-corrected chi connectivity index (χ3v) is 3.86. The second-order valence-electron chi connectivity index (χ2n) is 6.09. The van der Waals surface area contributed by atoms with Crippen LogP contribution in [0.3, 0.4) is 0 Å². The molecule has 0 radical (unpaired) electrons. The number of nitrogens with zero attached hydrogens (tertiary/aromatic N) is 1. The second kappa shape index (κ2) is 12.8. The van der Waals surface area contributed by atoms with Gasteiger partial charge in [0.2, 0.25) is 11.8 Å². The first-order valence-electron chi connectivity index (χ1n) is 7.90. The van der Waals surface area contributed by atoms with Crippen LogP contribution in [-0.2, 0) is 9.59 Å². The van der Waals surface area contributed by atoms with Crippen molar-refractivity contribution >= 4 is 42.3 Å². The number of nitrogens with two attached hydrogens (primary N) is 1. The van der Waals surface area contributed by atoms with E-state index in [1.54, 1.807) is 0 Å². The quantitative estimate of drug-likeness (QED) is 0.626. The smallest absolute Gasteiger partial charge is 0.239 e. The number of hydrogen-bond donors (Lipinski definition) is 3. The predicted molar refractivity (Wildman–Crippen MR) is 108 cm³/mol. The molecule has 6 nitrogen and oxygen atoms in total. The Bertz CT molecular complexity index is 515. The van der Waals surface area contributed by atoms with Gasteiger partial charge in [-0.15, -0.1) is 24.8 Å². The van der Waals surface area contributed by atoms with Crippen LogP contribution >= 0.6 is 24.8 Å². The lowest BCUT2D eigenvalue weighted by atomic mass is 10.1. The Morgan fingerprint density at radius 3 is 2.16 bits per heavy atom. The molecule has 0 aliphatic carbocycles. The van der Waals surface area contributed by atoms with E-state index in [2.05, 4.69) is 15.5 Å². The van der Waals surface area contributed by atoms with Crippen LogP contribution in [0.1, 0.15) is 20.8 Å². The molecule has 1 unspecified atom stereocenters. The average Bonchev–Trinajstić information content (AvgIpc) is 2.56. The standard InChI is InChI=1S/C17H28N4O2.2ClH/c1-12(2)16(18)17(23)20-11-15(22)19-10-13(3)21(4)14-8-6-5-7-9-14;;/h5-9,12-13,16H,10-11,18H2,1-4H3,(H,19,22)(H,20,23);2*1H/t13?,16-;;/m0../s1. The van der Waals surface area contributed by atoms with Crippen molar-refractivity contribution < 1.29 is 9.59 Å². The Balaban J connectivity index is 0. The van der Waals surface area contributed by atoms with E-state index in [-0.39, 0.29) is 55.1 Å². The van der Waals surface area contributed by atoms with Crippen LogP contribution in [0.2, 0.25) is 0 Å². The summed E-state index contributed by atoms with van der Waals surface area (Å²) in [5.74, 6) is -0.482. The number of halogens is 2. The van der Waals surface area contributed by atoms with Crippen molar-refractivity contribution in [1.29, 1.82) is 0 Å². The number of para-hydroxylation sites is 1. The first-order chi connectivity index (χ1) is 10.8. The van der Waals surface area contributed by atoms with Gasteiger partial charge in [0.1, 0.15) is 0 Å². The van der Waals surface area contributed by atoms with E-state index in [0.29, 0.717) is 6.54 Å². The fourth-order valence-electron chi connectivity index (χ4n) is 1.97. The highest BCUT2D eigenvalue weighted by Crippen LogP contribution is 2.13. The number of likely N-dealkylation sites (N-methyl/N-ethyl adjacent to an activating group) is 1. The molecule has 0 bridgehead atoms. The molecule has 1 rings (SSSR count). The first-order valence-corrected chi connectivity index (χ1v) is 7.90. The zero-order valence-corrected chi connectivity index (χ0v) is 16.8. The predicted octanol–water partition coefficient (Wildman–Crippen LogP) is 1.57. The molecule has 0 saturated carbocycles. The van der Waals surface area contributed by atoms with Crippen LogP contribution in [0.4, 0.5) is 5.69 Å². The van der Waals surface area contributed by atoms with Gasteiger partial charge >= 0.3 is 0 Å². The van der Waals surface area contributed by atoms with Crippen molar-refractivity contribution in [2.75, 3.05) is 25.0 Å². The third kappa shape index (κ3) is 8.95. The Morgan fingerprint density at radius 1 is 1.08 bits per heavy atom. The van der Waals surface area contributed by atoms with Crippen LogP contribution in [0, 0.1) is 5.92 Å². The number of rotatable bonds is 8. The minimum Gasteiger partial charge on any atom is -0.370 e. The maximum atomic E-state index is 11.8. The molecule has 2 amide bonds. The number of amides is 2. The van der Waals surface area contributed by atoms with Gasteiger partial charge < -0.3 is 21.3 Å². The Labute approximate surface area is 162 Å². The molecule has 0 aliphatic rings. The van der Waals surface area contributed by atoms with Gasteiger partial charge in [0.25, 0.3) is 0 Å². The zero-order chi connectivity index (χ0) is 17.4. The lowest BCUT2D eigenvalue weighted by molar-refractivity contribution is -0.127. The molecular formula is C17H30Cl2N4O2. The SMILES string of the molecule is CC(C)[C@H](N)C(=O)NCC(=O)NCC(C)N(C)c1ccccc1.Cl.Cl. The highest BCUT2D eigenvalue weighted by atomic mass is 35.5. The van der Waals surface area contributed by atoms with E-state index in [9.17, 15) is 9.59 Å². The first kappa shape index (κ1) is 25.7. The Morgan fingerprint density at radius 2 is 1.64 bits per heavy atom. The van der Waals surface area contributed by atoms with Gasteiger partial charge in [0.15, 0.2) is 0 Å². The van der Waals surface area contributed by atoms with Crippen molar-refractivity contribution in [2.24, 2.45) is 11.7 Å². The van der Waals surface area contributed by atoms with E-state index < -0.39 is 6.04 Å². The van der Waals surface area contributed by atoms with Crippen LogP contribution in [-0.4, -0.2) is 44.0 Å². The molecule has 0 aliphatic heterocycles. The molecule has 2 atom stereocenters. The molecule has 25 heavy (non-hydrogen) atoms. The molecule has 144 valence electrons. The number of carbonyl (C=O) groups is 2. The lowest BCUT2D eigenvalue weighted by Gasteiger charge is -2.27. The summed E-state index contributed by atoms with van der Waals surface area (Å²) < 4.78 is 0. The highest BCUT2D eigenvalue weighted by Gasteiger charge is 2.18. The lowest BCUT2D eigenvalue weighted by Crippen LogP contribution is -2.48. The van der Waals surface area contributed by atoms with Gasteiger partial charge in [-0.1, -0.05) is 32.0 Å². The molecule has 1 aromatic carbocycles. The monoisotopic (exact) mass is 392 g/mol. The second-order valence-corrected chi connectivity index (χ2v) is 6.09. The Hall–Kier alpha value is -1.50. The van der Waals surface area contributed by atoms with Crippen molar-refractivity contribution in [3.05, 3.63) is 30.3 Å². The summed E-state index contributed by atoms with van der Waals surface area (Å²) >= 11 is 0. The summed E-state index contributed by atoms with van der Waals surface area (Å²) in [6, 6.07) is 9.50. The molecule has 0 spiro atoms. The molecule has 0 aromatic heterocycles. The molecule has 1 aromatic rings. The molecule has 0 saturated heterocycles. The van der Waals surface area contributed by atoms with E-state index in [4.69, 9.17) is 5.73 Å². The fourth-order valence-corrected chi connectivity index (χ4v) is 1.97. The number of carbonyl (C=O) groups excluding carboxylic acids is 2. The molecule has 0 heterocycles. The average molecular weight is 393 g/mol. The largest absolute Gasteiger partial charge is 0.370 e.